The molecule has 1 heterocycles. The van der Waals surface area contributed by atoms with E-state index in [0.717, 1.165) is 5.56 Å². The molecule has 0 fully saturated rings. The number of nitrogens with zero attached hydrogens (tertiary/aromatic N) is 2. The molecule has 2 aromatic carbocycles. The van der Waals surface area contributed by atoms with Crippen LogP contribution in [0.2, 0.25) is 0 Å². The second-order valence-electron chi connectivity index (χ2n) is 6.00. The topological polar surface area (TPSA) is 87.0 Å². The summed E-state index contributed by atoms with van der Waals surface area (Å²) in [6.07, 6.45) is 0. The van der Waals surface area contributed by atoms with Gasteiger partial charge in [-0.15, -0.1) is 0 Å². The quantitative estimate of drug-likeness (QED) is 0.631. The lowest BCUT2D eigenvalue weighted by Gasteiger charge is -2.04. The van der Waals surface area contributed by atoms with E-state index in [1.807, 2.05) is 19.1 Å². The van der Waals surface area contributed by atoms with Crippen molar-refractivity contribution in [3.05, 3.63) is 64.0 Å². The number of hydrogen-bond acceptors (Lipinski definition) is 6. The number of esters is 2. The normalized spacial score (nSPS) is 11.5. The van der Waals surface area contributed by atoms with Gasteiger partial charge in [0.2, 0.25) is 0 Å². The van der Waals surface area contributed by atoms with Gasteiger partial charge in [-0.25, -0.2) is 4.79 Å². The first kappa shape index (κ1) is 19.5. The number of carbonyl (C=O) groups is 3. The SMILES string of the molecule is COC(=O)Cn1c(=NC(=O)c2ccc(C)cc2)sc2cc(C(=O)OC)ccc21. The molecular weight excluding hydrogens is 380 g/mol. The average molecular weight is 398 g/mol. The lowest BCUT2D eigenvalue weighted by atomic mass is 10.1. The van der Waals surface area contributed by atoms with Gasteiger partial charge in [-0.2, -0.15) is 4.99 Å². The maximum Gasteiger partial charge on any atom is 0.337 e. The Kier molecular flexibility index (Phi) is 5.70. The third kappa shape index (κ3) is 4.01. The number of rotatable bonds is 4. The zero-order valence-electron chi connectivity index (χ0n) is 15.6. The van der Waals surface area contributed by atoms with Crippen LogP contribution in [0, 0.1) is 6.92 Å². The minimum atomic E-state index is -0.471. The first-order valence-corrected chi connectivity index (χ1v) is 9.19. The van der Waals surface area contributed by atoms with Crippen molar-refractivity contribution in [2.75, 3.05) is 14.2 Å². The third-order valence-corrected chi connectivity index (χ3v) is 5.16. The number of fused-ring (bicyclic) bond motifs is 1. The second kappa shape index (κ2) is 8.18. The summed E-state index contributed by atoms with van der Waals surface area (Å²) in [5.41, 5.74) is 2.52. The Balaban J connectivity index is 2.14. The number of benzene rings is 2. The van der Waals surface area contributed by atoms with Crippen molar-refractivity contribution in [2.24, 2.45) is 4.99 Å². The van der Waals surface area contributed by atoms with Gasteiger partial charge >= 0.3 is 11.9 Å². The number of aryl methyl sites for hydroxylation is 1. The highest BCUT2D eigenvalue weighted by Crippen LogP contribution is 2.20. The van der Waals surface area contributed by atoms with Crippen molar-refractivity contribution in [1.82, 2.24) is 4.57 Å². The van der Waals surface area contributed by atoms with Gasteiger partial charge in [0.1, 0.15) is 6.54 Å². The number of hydrogen-bond donors (Lipinski definition) is 0. The average Bonchev–Trinajstić information content (AvgIpc) is 3.03. The van der Waals surface area contributed by atoms with E-state index in [-0.39, 0.29) is 6.54 Å². The Bertz CT molecular complexity index is 1130. The van der Waals surface area contributed by atoms with Crippen molar-refractivity contribution >= 4 is 39.4 Å². The molecule has 0 aliphatic heterocycles. The molecule has 0 radical (unpaired) electrons. The van der Waals surface area contributed by atoms with Gasteiger partial charge in [0.05, 0.1) is 30.0 Å². The van der Waals surface area contributed by atoms with Crippen LogP contribution in [0.25, 0.3) is 10.2 Å². The van der Waals surface area contributed by atoms with E-state index in [1.165, 1.54) is 25.6 Å². The minimum Gasteiger partial charge on any atom is -0.468 e. The summed E-state index contributed by atoms with van der Waals surface area (Å²) in [6.45, 7) is 1.83. The van der Waals surface area contributed by atoms with Crippen LogP contribution in [0.15, 0.2) is 47.5 Å². The number of ether oxygens (including phenoxy) is 2. The Morgan fingerprint density at radius 3 is 2.32 bits per heavy atom. The smallest absolute Gasteiger partial charge is 0.337 e. The van der Waals surface area contributed by atoms with Crippen LogP contribution in [0.4, 0.5) is 0 Å². The Hall–Kier alpha value is -3.26. The fourth-order valence-corrected chi connectivity index (χ4v) is 3.66. The molecule has 0 saturated carbocycles. The van der Waals surface area contributed by atoms with Gasteiger partial charge in [-0.05, 0) is 37.3 Å². The lowest BCUT2D eigenvalue weighted by molar-refractivity contribution is -0.141. The molecule has 0 saturated heterocycles. The van der Waals surface area contributed by atoms with Gasteiger partial charge < -0.3 is 14.0 Å². The van der Waals surface area contributed by atoms with E-state index in [2.05, 4.69) is 4.99 Å². The van der Waals surface area contributed by atoms with E-state index < -0.39 is 17.8 Å². The zero-order valence-corrected chi connectivity index (χ0v) is 16.4. The molecule has 0 aliphatic carbocycles. The molecule has 144 valence electrons. The van der Waals surface area contributed by atoms with Gasteiger partial charge in [0.15, 0.2) is 4.80 Å². The molecule has 3 rings (SSSR count). The lowest BCUT2D eigenvalue weighted by Crippen LogP contribution is -2.22. The van der Waals surface area contributed by atoms with Gasteiger partial charge in [-0.1, -0.05) is 29.0 Å². The van der Waals surface area contributed by atoms with Crippen molar-refractivity contribution in [2.45, 2.75) is 13.5 Å². The highest BCUT2D eigenvalue weighted by Gasteiger charge is 2.15. The van der Waals surface area contributed by atoms with Crippen LogP contribution in [-0.2, 0) is 20.8 Å². The highest BCUT2D eigenvalue weighted by atomic mass is 32.1. The number of methoxy groups -OCH3 is 2. The summed E-state index contributed by atoms with van der Waals surface area (Å²) in [5.74, 6) is -1.36. The van der Waals surface area contributed by atoms with Crippen LogP contribution in [-0.4, -0.2) is 36.6 Å². The Morgan fingerprint density at radius 1 is 1.00 bits per heavy atom. The van der Waals surface area contributed by atoms with E-state index in [4.69, 9.17) is 9.47 Å². The monoisotopic (exact) mass is 398 g/mol. The maximum absolute atomic E-state index is 12.6. The molecule has 8 heteroatoms. The summed E-state index contributed by atoms with van der Waals surface area (Å²) >= 11 is 1.20. The van der Waals surface area contributed by atoms with Crippen LogP contribution in [0.3, 0.4) is 0 Å². The second-order valence-corrected chi connectivity index (χ2v) is 7.01. The van der Waals surface area contributed by atoms with E-state index in [0.29, 0.717) is 26.1 Å². The summed E-state index contributed by atoms with van der Waals surface area (Å²) < 4.78 is 11.8. The predicted octanol–water partition coefficient (Wildman–Crippen LogP) is 2.71. The molecule has 1 amide bonds. The van der Waals surface area contributed by atoms with Crippen molar-refractivity contribution in [3.8, 4) is 0 Å². The van der Waals surface area contributed by atoms with Gasteiger partial charge in [0, 0.05) is 5.56 Å². The first-order chi connectivity index (χ1) is 13.4. The molecule has 1 aromatic heterocycles. The summed E-state index contributed by atoms with van der Waals surface area (Å²) in [5, 5.41) is 0. The Labute approximate surface area is 164 Å². The highest BCUT2D eigenvalue weighted by molar-refractivity contribution is 7.16. The van der Waals surface area contributed by atoms with Crippen LogP contribution in [0.5, 0.6) is 0 Å². The summed E-state index contributed by atoms with van der Waals surface area (Å²) in [6, 6.07) is 12.0. The summed E-state index contributed by atoms with van der Waals surface area (Å²) in [7, 11) is 2.60. The first-order valence-electron chi connectivity index (χ1n) is 8.37. The molecule has 7 nitrogen and oxygen atoms in total. The van der Waals surface area contributed by atoms with Gasteiger partial charge in [0.25, 0.3) is 5.91 Å². The largest absolute Gasteiger partial charge is 0.468 e. The summed E-state index contributed by atoms with van der Waals surface area (Å²) in [4.78, 5) is 40.7. The third-order valence-electron chi connectivity index (χ3n) is 4.11. The van der Waals surface area contributed by atoms with Gasteiger partial charge in [-0.3, -0.25) is 9.59 Å². The molecule has 0 aliphatic rings. The standard InChI is InChI=1S/C20H18N2O5S/c1-12-4-6-13(7-5-12)18(24)21-20-22(11-17(23)26-2)15-9-8-14(19(25)27-3)10-16(15)28-20/h4-10H,11H2,1-3H3. The Morgan fingerprint density at radius 2 is 1.68 bits per heavy atom. The molecule has 0 unspecified atom stereocenters. The molecule has 3 aromatic rings. The minimum absolute atomic E-state index is 0.103. The fourth-order valence-electron chi connectivity index (χ4n) is 2.60. The van der Waals surface area contributed by atoms with E-state index in [1.54, 1.807) is 34.9 Å². The van der Waals surface area contributed by atoms with Crippen LogP contribution >= 0.6 is 11.3 Å². The number of aromatic nitrogens is 1. The van der Waals surface area contributed by atoms with Crippen LogP contribution < -0.4 is 4.80 Å². The molecule has 0 bridgehead atoms. The van der Waals surface area contributed by atoms with E-state index in [9.17, 15) is 14.4 Å². The number of carbonyl (C=O) groups excluding carboxylic acids is 3. The molecule has 0 atom stereocenters. The van der Waals surface area contributed by atoms with Crippen molar-refractivity contribution in [1.29, 1.82) is 0 Å². The van der Waals surface area contributed by atoms with Crippen LogP contribution in [0.1, 0.15) is 26.3 Å². The zero-order chi connectivity index (χ0) is 20.3. The van der Waals surface area contributed by atoms with Crippen molar-refractivity contribution < 1.29 is 23.9 Å². The predicted molar refractivity (Wildman–Crippen MR) is 104 cm³/mol. The molecule has 0 spiro atoms. The maximum atomic E-state index is 12.6. The molecule has 0 N–H and O–H groups in total. The number of amides is 1. The van der Waals surface area contributed by atoms with Crippen molar-refractivity contribution in [3.63, 3.8) is 0 Å². The fraction of sp³-hybridized carbons (Fsp3) is 0.200. The number of thiazole rings is 1. The van der Waals surface area contributed by atoms with E-state index >= 15 is 0 Å². The molecular formula is C20H18N2O5S. The molecule has 28 heavy (non-hydrogen) atoms.